The van der Waals surface area contributed by atoms with Gasteiger partial charge in [0.15, 0.2) is 5.82 Å². The Kier molecular flexibility index (Phi) is 4.33. The molecule has 0 aliphatic heterocycles. The number of methoxy groups -OCH3 is 1. The Labute approximate surface area is 107 Å². The van der Waals surface area contributed by atoms with Crippen LogP contribution in [0.25, 0.3) is 0 Å². The summed E-state index contributed by atoms with van der Waals surface area (Å²) in [4.78, 5) is 8.61. The monoisotopic (exact) mass is 251 g/mol. The maximum Gasteiger partial charge on any atom is 0.158 e. The first-order chi connectivity index (χ1) is 8.71. The van der Waals surface area contributed by atoms with Gasteiger partial charge in [-0.05, 0) is 19.3 Å². The number of nitrogen functional groups attached to an aromatic ring is 1. The number of hydrogen-bond acceptors (Lipinski definition) is 6. The molecule has 0 bridgehead atoms. The van der Waals surface area contributed by atoms with E-state index in [4.69, 9.17) is 10.6 Å². The van der Waals surface area contributed by atoms with Gasteiger partial charge in [0.2, 0.25) is 0 Å². The summed E-state index contributed by atoms with van der Waals surface area (Å²) in [7, 11) is 1.62. The lowest BCUT2D eigenvalue weighted by Gasteiger charge is -2.15. The molecule has 1 heterocycles. The molecule has 1 unspecified atom stereocenters. The van der Waals surface area contributed by atoms with E-state index in [1.807, 2.05) is 6.07 Å². The molecular formula is C12H21N5O. The van der Waals surface area contributed by atoms with E-state index in [0.29, 0.717) is 24.3 Å². The van der Waals surface area contributed by atoms with Gasteiger partial charge in [-0.1, -0.05) is 12.8 Å². The second-order valence-electron chi connectivity index (χ2n) is 4.86. The van der Waals surface area contributed by atoms with Crippen LogP contribution in [-0.4, -0.2) is 23.1 Å². The minimum atomic E-state index is 0.376. The topological polar surface area (TPSA) is 85.1 Å². The number of nitrogens with zero attached hydrogens (tertiary/aromatic N) is 2. The van der Waals surface area contributed by atoms with Gasteiger partial charge in [-0.25, -0.2) is 15.8 Å². The first-order valence-corrected chi connectivity index (χ1v) is 6.31. The molecule has 1 aromatic rings. The number of ether oxygens (including phenoxy) is 1. The van der Waals surface area contributed by atoms with E-state index in [1.165, 1.54) is 19.3 Å². The quantitative estimate of drug-likeness (QED) is 0.503. The molecule has 0 amide bonds. The summed E-state index contributed by atoms with van der Waals surface area (Å²) in [5, 5.41) is 3.38. The van der Waals surface area contributed by atoms with Gasteiger partial charge in [0.05, 0.1) is 0 Å². The van der Waals surface area contributed by atoms with Crippen molar-refractivity contribution >= 4 is 11.6 Å². The van der Waals surface area contributed by atoms with Crippen LogP contribution in [0.5, 0.6) is 0 Å². The molecule has 1 aliphatic carbocycles. The number of hydrogen-bond donors (Lipinski definition) is 3. The van der Waals surface area contributed by atoms with Crippen LogP contribution in [0.3, 0.4) is 0 Å². The van der Waals surface area contributed by atoms with E-state index >= 15 is 0 Å². The van der Waals surface area contributed by atoms with Gasteiger partial charge >= 0.3 is 0 Å². The average molecular weight is 251 g/mol. The van der Waals surface area contributed by atoms with Gasteiger partial charge < -0.3 is 15.5 Å². The van der Waals surface area contributed by atoms with Crippen molar-refractivity contribution < 1.29 is 4.74 Å². The lowest BCUT2D eigenvalue weighted by molar-refractivity contribution is 0.178. The molecule has 2 rings (SSSR count). The highest BCUT2D eigenvalue weighted by Gasteiger charge is 2.23. The third kappa shape index (κ3) is 3.82. The third-order valence-electron chi connectivity index (χ3n) is 2.97. The molecule has 1 atom stereocenters. The van der Waals surface area contributed by atoms with Gasteiger partial charge in [0.1, 0.15) is 18.2 Å². The van der Waals surface area contributed by atoms with Crippen molar-refractivity contribution in [1.82, 2.24) is 9.97 Å². The standard InChI is InChI=1S/C12H21N5O/c1-8(5-9-3-4-9)14-10-6-11(17-13)16-12(15-10)7-18-2/h6,8-9H,3-5,7,13H2,1-2H3,(H2,14,15,16,17). The Hall–Kier alpha value is -1.40. The Bertz CT molecular complexity index is 394. The maximum absolute atomic E-state index is 5.40. The van der Waals surface area contributed by atoms with Gasteiger partial charge in [0, 0.05) is 19.2 Å². The maximum atomic E-state index is 5.40. The van der Waals surface area contributed by atoms with E-state index in [-0.39, 0.29) is 0 Å². The molecule has 6 nitrogen and oxygen atoms in total. The Morgan fingerprint density at radius 2 is 2.17 bits per heavy atom. The number of nitrogens with one attached hydrogen (secondary N) is 2. The molecule has 0 saturated heterocycles. The van der Waals surface area contributed by atoms with E-state index < -0.39 is 0 Å². The number of hydrazine groups is 1. The van der Waals surface area contributed by atoms with Crippen molar-refractivity contribution in [3.05, 3.63) is 11.9 Å². The molecule has 1 aliphatic rings. The summed E-state index contributed by atoms with van der Waals surface area (Å²) >= 11 is 0. The van der Waals surface area contributed by atoms with Crippen molar-refractivity contribution in [2.75, 3.05) is 17.9 Å². The van der Waals surface area contributed by atoms with E-state index in [0.717, 1.165) is 11.7 Å². The van der Waals surface area contributed by atoms with Gasteiger partial charge in [-0.2, -0.15) is 0 Å². The molecular weight excluding hydrogens is 230 g/mol. The molecule has 4 N–H and O–H groups in total. The molecule has 1 fully saturated rings. The second kappa shape index (κ2) is 5.97. The SMILES string of the molecule is COCc1nc(NN)cc(NC(C)CC2CC2)n1. The Morgan fingerprint density at radius 1 is 1.44 bits per heavy atom. The van der Waals surface area contributed by atoms with Gasteiger partial charge in [-0.3, -0.25) is 0 Å². The fourth-order valence-electron chi connectivity index (χ4n) is 2.00. The highest BCUT2D eigenvalue weighted by Crippen LogP contribution is 2.34. The molecule has 0 spiro atoms. The van der Waals surface area contributed by atoms with Gasteiger partial charge in [-0.15, -0.1) is 0 Å². The summed E-state index contributed by atoms with van der Waals surface area (Å²) in [6.07, 6.45) is 3.91. The highest BCUT2D eigenvalue weighted by atomic mass is 16.5. The van der Waals surface area contributed by atoms with Gasteiger partial charge in [0.25, 0.3) is 0 Å². The average Bonchev–Trinajstić information content (AvgIpc) is 3.12. The molecule has 1 aromatic heterocycles. The first kappa shape index (κ1) is 13.0. The zero-order valence-electron chi connectivity index (χ0n) is 10.9. The zero-order valence-corrected chi connectivity index (χ0v) is 10.9. The lowest BCUT2D eigenvalue weighted by atomic mass is 10.1. The highest BCUT2D eigenvalue weighted by molar-refractivity contribution is 5.47. The first-order valence-electron chi connectivity index (χ1n) is 6.31. The van der Waals surface area contributed by atoms with Crippen LogP contribution < -0.4 is 16.6 Å². The number of nitrogens with two attached hydrogens (primary N) is 1. The minimum Gasteiger partial charge on any atom is -0.377 e. The van der Waals surface area contributed by atoms with Crippen molar-refractivity contribution in [2.45, 2.75) is 38.8 Å². The van der Waals surface area contributed by atoms with Crippen molar-refractivity contribution in [2.24, 2.45) is 11.8 Å². The van der Waals surface area contributed by atoms with E-state index in [9.17, 15) is 0 Å². The third-order valence-corrected chi connectivity index (χ3v) is 2.97. The molecule has 1 saturated carbocycles. The van der Waals surface area contributed by atoms with Crippen molar-refractivity contribution in [3.63, 3.8) is 0 Å². The van der Waals surface area contributed by atoms with Crippen LogP contribution in [0.4, 0.5) is 11.6 Å². The Morgan fingerprint density at radius 3 is 2.78 bits per heavy atom. The summed E-state index contributed by atoms with van der Waals surface area (Å²) < 4.78 is 5.04. The molecule has 100 valence electrons. The molecule has 18 heavy (non-hydrogen) atoms. The molecule has 6 heteroatoms. The number of aromatic nitrogens is 2. The number of rotatable bonds is 7. The largest absolute Gasteiger partial charge is 0.377 e. The summed E-state index contributed by atoms with van der Waals surface area (Å²) in [5.74, 6) is 8.29. The zero-order chi connectivity index (χ0) is 13.0. The van der Waals surface area contributed by atoms with Crippen LogP contribution in [0.2, 0.25) is 0 Å². The lowest BCUT2D eigenvalue weighted by Crippen LogP contribution is -2.18. The minimum absolute atomic E-state index is 0.376. The number of anilines is 2. The van der Waals surface area contributed by atoms with Crippen LogP contribution in [0.1, 0.15) is 32.0 Å². The van der Waals surface area contributed by atoms with Crippen LogP contribution in [0.15, 0.2) is 6.07 Å². The predicted octanol–water partition coefficient (Wildman–Crippen LogP) is 1.51. The Balaban J connectivity index is 2.02. The smallest absolute Gasteiger partial charge is 0.158 e. The van der Waals surface area contributed by atoms with Crippen molar-refractivity contribution in [3.8, 4) is 0 Å². The molecule has 0 radical (unpaired) electrons. The van der Waals surface area contributed by atoms with E-state index in [2.05, 4.69) is 27.6 Å². The van der Waals surface area contributed by atoms with Crippen LogP contribution in [0, 0.1) is 5.92 Å². The fraction of sp³-hybridized carbons (Fsp3) is 0.667. The fourth-order valence-corrected chi connectivity index (χ4v) is 2.00. The van der Waals surface area contributed by atoms with Crippen molar-refractivity contribution in [1.29, 1.82) is 0 Å². The summed E-state index contributed by atoms with van der Waals surface area (Å²) in [6.45, 7) is 2.55. The summed E-state index contributed by atoms with van der Waals surface area (Å²) in [6, 6.07) is 2.22. The van der Waals surface area contributed by atoms with E-state index in [1.54, 1.807) is 7.11 Å². The predicted molar refractivity (Wildman–Crippen MR) is 71.0 cm³/mol. The second-order valence-corrected chi connectivity index (χ2v) is 4.86. The normalized spacial score (nSPS) is 16.4. The summed E-state index contributed by atoms with van der Waals surface area (Å²) in [5.41, 5.74) is 2.55. The van der Waals surface area contributed by atoms with Crippen LogP contribution >= 0.6 is 0 Å². The molecule has 0 aromatic carbocycles. The van der Waals surface area contributed by atoms with Crippen LogP contribution in [-0.2, 0) is 11.3 Å².